The lowest BCUT2D eigenvalue weighted by Crippen LogP contribution is -2.41. The molecule has 0 spiro atoms. The summed E-state index contributed by atoms with van der Waals surface area (Å²) in [5.41, 5.74) is 0.575. The second-order valence-corrected chi connectivity index (χ2v) is 5.57. The molecular formula is C16H22N2O2S. The SMILES string of the molecule is CCCCOc1cccc(C(=O)NC(=S)N2CCCC2)c1. The molecule has 114 valence electrons. The van der Waals surface area contributed by atoms with Crippen molar-refractivity contribution in [1.29, 1.82) is 0 Å². The smallest absolute Gasteiger partial charge is 0.257 e. The Hall–Kier alpha value is -1.62. The minimum absolute atomic E-state index is 0.173. The van der Waals surface area contributed by atoms with E-state index in [1.807, 2.05) is 17.0 Å². The van der Waals surface area contributed by atoms with Gasteiger partial charge in [-0.25, -0.2) is 0 Å². The lowest BCUT2D eigenvalue weighted by atomic mass is 10.2. The van der Waals surface area contributed by atoms with Gasteiger partial charge in [0.1, 0.15) is 5.75 Å². The third-order valence-electron chi connectivity index (χ3n) is 3.48. The molecule has 0 aromatic heterocycles. The van der Waals surface area contributed by atoms with E-state index in [-0.39, 0.29) is 5.91 Å². The Morgan fingerprint density at radius 1 is 1.38 bits per heavy atom. The Morgan fingerprint density at radius 2 is 2.14 bits per heavy atom. The van der Waals surface area contributed by atoms with Crippen LogP contribution in [0.5, 0.6) is 5.75 Å². The second-order valence-electron chi connectivity index (χ2n) is 5.18. The summed E-state index contributed by atoms with van der Waals surface area (Å²) in [6.45, 7) is 4.65. The fourth-order valence-corrected chi connectivity index (χ4v) is 2.51. The van der Waals surface area contributed by atoms with Crippen LogP contribution in [0.1, 0.15) is 43.0 Å². The van der Waals surface area contributed by atoms with Gasteiger partial charge in [0.2, 0.25) is 0 Å². The van der Waals surface area contributed by atoms with E-state index in [1.165, 1.54) is 0 Å². The van der Waals surface area contributed by atoms with Crippen molar-refractivity contribution in [3.63, 3.8) is 0 Å². The minimum Gasteiger partial charge on any atom is -0.494 e. The lowest BCUT2D eigenvalue weighted by Gasteiger charge is -2.18. The van der Waals surface area contributed by atoms with Crippen molar-refractivity contribution >= 4 is 23.2 Å². The summed E-state index contributed by atoms with van der Waals surface area (Å²) in [5.74, 6) is 0.552. The van der Waals surface area contributed by atoms with Gasteiger partial charge in [-0.1, -0.05) is 19.4 Å². The first-order valence-corrected chi connectivity index (χ1v) is 7.94. The Labute approximate surface area is 131 Å². The quantitative estimate of drug-likeness (QED) is 0.671. The molecule has 0 atom stereocenters. The molecule has 2 rings (SSSR count). The van der Waals surface area contributed by atoms with Gasteiger partial charge in [0.15, 0.2) is 5.11 Å². The van der Waals surface area contributed by atoms with Gasteiger partial charge in [-0.3, -0.25) is 10.1 Å². The number of carbonyl (C=O) groups excluding carboxylic acids is 1. The molecule has 0 radical (unpaired) electrons. The van der Waals surface area contributed by atoms with Crippen LogP contribution in [0.15, 0.2) is 24.3 Å². The molecular weight excluding hydrogens is 284 g/mol. The molecule has 5 heteroatoms. The molecule has 1 aromatic rings. The average Bonchev–Trinajstić information content (AvgIpc) is 3.02. The summed E-state index contributed by atoms with van der Waals surface area (Å²) in [6, 6.07) is 7.23. The molecule has 1 heterocycles. The van der Waals surface area contributed by atoms with Crippen molar-refractivity contribution in [1.82, 2.24) is 10.2 Å². The number of likely N-dealkylation sites (tertiary alicyclic amines) is 1. The van der Waals surface area contributed by atoms with Gasteiger partial charge in [-0.15, -0.1) is 0 Å². The maximum atomic E-state index is 12.2. The number of unbranched alkanes of at least 4 members (excludes halogenated alkanes) is 1. The van der Waals surface area contributed by atoms with Crippen molar-refractivity contribution in [2.45, 2.75) is 32.6 Å². The summed E-state index contributed by atoms with van der Waals surface area (Å²) in [4.78, 5) is 14.2. The predicted octanol–water partition coefficient (Wildman–Crippen LogP) is 2.98. The van der Waals surface area contributed by atoms with E-state index in [4.69, 9.17) is 17.0 Å². The zero-order valence-electron chi connectivity index (χ0n) is 12.4. The highest BCUT2D eigenvalue weighted by atomic mass is 32.1. The molecule has 0 saturated carbocycles. The monoisotopic (exact) mass is 306 g/mol. The molecule has 0 unspecified atom stereocenters. The topological polar surface area (TPSA) is 41.6 Å². The molecule has 1 aliphatic heterocycles. The number of nitrogens with one attached hydrogen (secondary N) is 1. The number of rotatable bonds is 5. The average molecular weight is 306 g/mol. The fourth-order valence-electron chi connectivity index (χ4n) is 2.23. The van der Waals surface area contributed by atoms with Crippen LogP contribution < -0.4 is 10.1 Å². The number of ether oxygens (including phenoxy) is 1. The van der Waals surface area contributed by atoms with Crippen molar-refractivity contribution in [2.75, 3.05) is 19.7 Å². The van der Waals surface area contributed by atoms with E-state index in [0.717, 1.165) is 44.5 Å². The molecule has 0 bridgehead atoms. The van der Waals surface area contributed by atoms with Gasteiger partial charge >= 0.3 is 0 Å². The Balaban J connectivity index is 1.92. The molecule has 0 aliphatic carbocycles. The standard InChI is InChI=1S/C16H22N2O2S/c1-2-3-11-20-14-8-6-7-13(12-14)15(19)17-16(21)18-9-4-5-10-18/h6-8,12H,2-5,9-11H2,1H3,(H,17,19,21). The van der Waals surface area contributed by atoms with Crippen LogP contribution in [-0.4, -0.2) is 35.6 Å². The van der Waals surface area contributed by atoms with Crippen molar-refractivity contribution in [2.24, 2.45) is 0 Å². The number of carbonyl (C=O) groups is 1. The van der Waals surface area contributed by atoms with Gasteiger partial charge in [-0.05, 0) is 49.7 Å². The first-order valence-electron chi connectivity index (χ1n) is 7.54. The van der Waals surface area contributed by atoms with Crippen LogP contribution in [0, 0.1) is 0 Å². The second kappa shape index (κ2) is 7.98. The third-order valence-corrected chi connectivity index (χ3v) is 3.84. The molecule has 1 amide bonds. The summed E-state index contributed by atoms with van der Waals surface area (Å²) in [7, 11) is 0. The number of thiocarbonyl (C=S) groups is 1. The minimum atomic E-state index is -0.173. The molecule has 1 N–H and O–H groups in total. The molecule has 1 aromatic carbocycles. The highest BCUT2D eigenvalue weighted by Gasteiger charge is 2.17. The number of hydrogen-bond donors (Lipinski definition) is 1. The van der Waals surface area contributed by atoms with Crippen LogP contribution in [-0.2, 0) is 0 Å². The number of hydrogen-bond acceptors (Lipinski definition) is 3. The zero-order valence-corrected chi connectivity index (χ0v) is 13.2. The van der Waals surface area contributed by atoms with Gasteiger partial charge in [0.25, 0.3) is 5.91 Å². The van der Waals surface area contributed by atoms with E-state index in [2.05, 4.69) is 12.2 Å². The summed E-state index contributed by atoms with van der Waals surface area (Å²) in [6.07, 6.45) is 4.37. The van der Waals surface area contributed by atoms with Crippen LogP contribution in [0.3, 0.4) is 0 Å². The Morgan fingerprint density at radius 3 is 2.86 bits per heavy atom. The summed E-state index contributed by atoms with van der Waals surface area (Å²) < 4.78 is 5.62. The van der Waals surface area contributed by atoms with E-state index >= 15 is 0 Å². The Kier molecular flexibility index (Phi) is 5.99. The first kappa shape index (κ1) is 15.8. The summed E-state index contributed by atoms with van der Waals surface area (Å²) in [5, 5.41) is 3.32. The van der Waals surface area contributed by atoms with E-state index < -0.39 is 0 Å². The van der Waals surface area contributed by atoms with Crippen LogP contribution in [0.4, 0.5) is 0 Å². The van der Waals surface area contributed by atoms with Crippen LogP contribution in [0.2, 0.25) is 0 Å². The number of benzene rings is 1. The van der Waals surface area contributed by atoms with Gasteiger partial charge in [0.05, 0.1) is 6.61 Å². The predicted molar refractivity (Wildman–Crippen MR) is 87.7 cm³/mol. The van der Waals surface area contributed by atoms with Crippen LogP contribution >= 0.6 is 12.2 Å². The van der Waals surface area contributed by atoms with Crippen molar-refractivity contribution < 1.29 is 9.53 Å². The van der Waals surface area contributed by atoms with Gasteiger partial charge in [-0.2, -0.15) is 0 Å². The maximum Gasteiger partial charge on any atom is 0.257 e. The number of amides is 1. The van der Waals surface area contributed by atoms with E-state index in [9.17, 15) is 4.79 Å². The van der Waals surface area contributed by atoms with E-state index in [0.29, 0.717) is 17.3 Å². The molecule has 21 heavy (non-hydrogen) atoms. The molecule has 1 saturated heterocycles. The maximum absolute atomic E-state index is 12.2. The zero-order chi connectivity index (χ0) is 15.1. The van der Waals surface area contributed by atoms with E-state index in [1.54, 1.807) is 12.1 Å². The van der Waals surface area contributed by atoms with Gasteiger partial charge in [0, 0.05) is 18.7 Å². The summed E-state index contributed by atoms with van der Waals surface area (Å²) >= 11 is 5.27. The fraction of sp³-hybridized carbons (Fsp3) is 0.500. The Bertz CT molecular complexity index is 499. The lowest BCUT2D eigenvalue weighted by molar-refractivity contribution is 0.0973. The van der Waals surface area contributed by atoms with Gasteiger partial charge < -0.3 is 9.64 Å². The van der Waals surface area contributed by atoms with Crippen molar-refractivity contribution in [3.8, 4) is 5.75 Å². The highest BCUT2D eigenvalue weighted by molar-refractivity contribution is 7.80. The normalized spacial score (nSPS) is 14.0. The van der Waals surface area contributed by atoms with Crippen molar-refractivity contribution in [3.05, 3.63) is 29.8 Å². The first-order chi connectivity index (χ1) is 10.2. The highest BCUT2D eigenvalue weighted by Crippen LogP contribution is 2.14. The van der Waals surface area contributed by atoms with Crippen LogP contribution in [0.25, 0.3) is 0 Å². The number of nitrogens with zero attached hydrogens (tertiary/aromatic N) is 1. The largest absolute Gasteiger partial charge is 0.494 e. The molecule has 4 nitrogen and oxygen atoms in total. The molecule has 1 fully saturated rings. The third kappa shape index (κ3) is 4.70. The molecule has 1 aliphatic rings.